The summed E-state index contributed by atoms with van der Waals surface area (Å²) in [6.45, 7) is 0.417. The number of nitrogens with one attached hydrogen (secondary N) is 2. The van der Waals surface area contributed by atoms with Crippen molar-refractivity contribution in [2.45, 2.75) is 11.3 Å². The Morgan fingerprint density at radius 1 is 1.16 bits per heavy atom. The molecular weight excluding hydrogens is 362 g/mol. The number of hydrogen-bond acceptors (Lipinski definition) is 3. The second-order valence-electron chi connectivity index (χ2n) is 5.59. The second kappa shape index (κ2) is 6.87. The van der Waals surface area contributed by atoms with E-state index in [4.69, 9.17) is 16.7 Å². The first kappa shape index (κ1) is 17.5. The average Bonchev–Trinajstić information content (AvgIpc) is 2.97. The normalized spacial score (nSPS) is 11.6. The zero-order valence-corrected chi connectivity index (χ0v) is 14.7. The molecule has 25 heavy (non-hydrogen) atoms. The van der Waals surface area contributed by atoms with Crippen molar-refractivity contribution >= 4 is 38.4 Å². The lowest BCUT2D eigenvalue weighted by atomic mass is 10.1. The van der Waals surface area contributed by atoms with Gasteiger partial charge in [0.1, 0.15) is 0 Å². The number of sulfonamides is 1. The highest BCUT2D eigenvalue weighted by Gasteiger charge is 2.12. The van der Waals surface area contributed by atoms with E-state index in [0.717, 1.165) is 16.5 Å². The van der Waals surface area contributed by atoms with Gasteiger partial charge in [-0.05, 0) is 42.3 Å². The molecule has 0 aliphatic heterocycles. The molecule has 0 saturated carbocycles. The van der Waals surface area contributed by atoms with Crippen molar-refractivity contribution in [2.75, 3.05) is 6.54 Å². The predicted octanol–water partition coefficient (Wildman–Crippen LogP) is 2.44. The van der Waals surface area contributed by atoms with Gasteiger partial charge in [-0.3, -0.25) is 4.79 Å². The molecule has 3 rings (SSSR count). The Labute approximate surface area is 150 Å². The van der Waals surface area contributed by atoms with Crippen LogP contribution in [0.1, 0.15) is 15.9 Å². The standard InChI is InChI=1S/C17H16ClN3O3S/c18-12-3-6-16-14(9-12)15(10-21-16)17(22)20-8-7-11-1-4-13(5-2-11)25(19,23)24/h1-6,9-10,21H,7-8H2,(H,20,22)(H2,19,23,24). The van der Waals surface area contributed by atoms with Crippen LogP contribution in [0.5, 0.6) is 0 Å². The average molecular weight is 378 g/mol. The third kappa shape index (κ3) is 4.01. The van der Waals surface area contributed by atoms with Crippen LogP contribution in [-0.4, -0.2) is 25.9 Å². The quantitative estimate of drug-likeness (QED) is 0.635. The summed E-state index contributed by atoms with van der Waals surface area (Å²) in [6.07, 6.45) is 2.22. The number of amides is 1. The third-order valence-corrected chi connectivity index (χ3v) is 5.00. The fraction of sp³-hybridized carbons (Fsp3) is 0.118. The lowest BCUT2D eigenvalue weighted by Gasteiger charge is -2.06. The van der Waals surface area contributed by atoms with Gasteiger partial charge in [0, 0.05) is 28.7 Å². The van der Waals surface area contributed by atoms with Crippen LogP contribution in [0.25, 0.3) is 10.9 Å². The lowest BCUT2D eigenvalue weighted by Crippen LogP contribution is -2.25. The summed E-state index contributed by atoms with van der Waals surface area (Å²) in [5, 5.41) is 9.24. The molecule has 6 nitrogen and oxygen atoms in total. The first-order valence-corrected chi connectivity index (χ1v) is 9.43. The van der Waals surface area contributed by atoms with Gasteiger partial charge < -0.3 is 10.3 Å². The molecule has 0 saturated heterocycles. The molecule has 0 unspecified atom stereocenters. The number of benzene rings is 2. The van der Waals surface area contributed by atoms with Crippen LogP contribution < -0.4 is 10.5 Å². The number of primary sulfonamides is 1. The second-order valence-corrected chi connectivity index (χ2v) is 7.58. The SMILES string of the molecule is NS(=O)(=O)c1ccc(CCNC(=O)c2c[nH]c3ccc(Cl)cc23)cc1. The van der Waals surface area contributed by atoms with Crippen LogP contribution in [0.2, 0.25) is 5.02 Å². The molecule has 0 atom stereocenters. The van der Waals surface area contributed by atoms with Crippen molar-refractivity contribution in [1.82, 2.24) is 10.3 Å². The van der Waals surface area contributed by atoms with Crippen LogP contribution in [0.15, 0.2) is 53.6 Å². The number of halogens is 1. The Morgan fingerprint density at radius 3 is 2.56 bits per heavy atom. The zero-order valence-electron chi connectivity index (χ0n) is 13.1. The predicted molar refractivity (Wildman–Crippen MR) is 97.2 cm³/mol. The molecule has 8 heteroatoms. The molecule has 1 aromatic heterocycles. The summed E-state index contributed by atoms with van der Waals surface area (Å²) in [5.41, 5.74) is 2.27. The number of H-pyrrole nitrogens is 1. The third-order valence-electron chi connectivity index (χ3n) is 3.84. The topological polar surface area (TPSA) is 105 Å². The summed E-state index contributed by atoms with van der Waals surface area (Å²) < 4.78 is 22.4. The molecule has 130 valence electrons. The monoisotopic (exact) mass is 377 g/mol. The number of fused-ring (bicyclic) bond motifs is 1. The summed E-state index contributed by atoms with van der Waals surface area (Å²) in [4.78, 5) is 15.4. The van der Waals surface area contributed by atoms with Crippen LogP contribution >= 0.6 is 11.6 Å². The molecule has 0 bridgehead atoms. The number of carbonyl (C=O) groups excluding carboxylic acids is 1. The van der Waals surface area contributed by atoms with Crippen LogP contribution in [0.4, 0.5) is 0 Å². The highest BCUT2D eigenvalue weighted by molar-refractivity contribution is 7.89. The molecule has 2 aromatic carbocycles. The van der Waals surface area contributed by atoms with E-state index in [9.17, 15) is 13.2 Å². The van der Waals surface area contributed by atoms with Gasteiger partial charge in [0.05, 0.1) is 10.5 Å². The maximum absolute atomic E-state index is 12.3. The molecule has 0 radical (unpaired) electrons. The maximum atomic E-state index is 12.3. The summed E-state index contributed by atoms with van der Waals surface area (Å²) >= 11 is 5.98. The summed E-state index contributed by atoms with van der Waals surface area (Å²) in [6, 6.07) is 11.6. The van der Waals surface area contributed by atoms with E-state index in [1.165, 1.54) is 12.1 Å². The molecule has 0 spiro atoms. The number of carbonyl (C=O) groups is 1. The Hall–Kier alpha value is -2.35. The largest absolute Gasteiger partial charge is 0.360 e. The van der Waals surface area contributed by atoms with Gasteiger partial charge in [0.25, 0.3) is 5.91 Å². The maximum Gasteiger partial charge on any atom is 0.253 e. The van der Waals surface area contributed by atoms with Crippen molar-refractivity contribution in [2.24, 2.45) is 5.14 Å². The van der Waals surface area contributed by atoms with E-state index in [1.54, 1.807) is 30.5 Å². The van der Waals surface area contributed by atoms with E-state index in [1.807, 2.05) is 6.07 Å². The van der Waals surface area contributed by atoms with Gasteiger partial charge in [-0.2, -0.15) is 0 Å². The van der Waals surface area contributed by atoms with E-state index in [-0.39, 0.29) is 10.8 Å². The molecular formula is C17H16ClN3O3S. The van der Waals surface area contributed by atoms with Gasteiger partial charge >= 0.3 is 0 Å². The first-order valence-electron chi connectivity index (χ1n) is 7.51. The molecule has 0 aliphatic carbocycles. The molecule has 3 aromatic rings. The number of hydrogen-bond donors (Lipinski definition) is 3. The molecule has 0 fully saturated rings. The van der Waals surface area contributed by atoms with Crippen LogP contribution in [0.3, 0.4) is 0 Å². The fourth-order valence-electron chi connectivity index (χ4n) is 2.54. The first-order chi connectivity index (χ1) is 11.8. The van der Waals surface area contributed by atoms with Crippen LogP contribution in [-0.2, 0) is 16.4 Å². The van der Waals surface area contributed by atoms with Crippen molar-refractivity contribution in [3.8, 4) is 0 Å². The van der Waals surface area contributed by atoms with Crippen molar-refractivity contribution < 1.29 is 13.2 Å². The van der Waals surface area contributed by atoms with Crippen LogP contribution in [0, 0.1) is 0 Å². The van der Waals surface area contributed by atoms with Gasteiger partial charge in [-0.1, -0.05) is 23.7 Å². The number of aromatic amines is 1. The van der Waals surface area contributed by atoms with Gasteiger partial charge in [0.15, 0.2) is 0 Å². The minimum atomic E-state index is -3.69. The zero-order chi connectivity index (χ0) is 18.0. The molecule has 1 heterocycles. The van der Waals surface area contributed by atoms with Gasteiger partial charge in [0.2, 0.25) is 10.0 Å². The Balaban J connectivity index is 1.63. The highest BCUT2D eigenvalue weighted by atomic mass is 35.5. The molecule has 0 aliphatic rings. The number of aromatic nitrogens is 1. The van der Waals surface area contributed by atoms with E-state index in [0.29, 0.717) is 23.6 Å². The van der Waals surface area contributed by atoms with E-state index >= 15 is 0 Å². The highest BCUT2D eigenvalue weighted by Crippen LogP contribution is 2.22. The lowest BCUT2D eigenvalue weighted by molar-refractivity contribution is 0.0956. The van der Waals surface area contributed by atoms with E-state index in [2.05, 4.69) is 10.3 Å². The smallest absolute Gasteiger partial charge is 0.253 e. The molecule has 4 N–H and O–H groups in total. The Morgan fingerprint density at radius 2 is 1.88 bits per heavy atom. The summed E-state index contributed by atoms with van der Waals surface area (Å²) in [5.74, 6) is -0.199. The van der Waals surface area contributed by atoms with E-state index < -0.39 is 10.0 Å². The van der Waals surface area contributed by atoms with Gasteiger partial charge in [-0.15, -0.1) is 0 Å². The summed E-state index contributed by atoms with van der Waals surface area (Å²) in [7, 11) is -3.69. The minimum absolute atomic E-state index is 0.0657. The van der Waals surface area contributed by atoms with Crippen molar-refractivity contribution in [1.29, 1.82) is 0 Å². The fourth-order valence-corrected chi connectivity index (χ4v) is 3.23. The minimum Gasteiger partial charge on any atom is -0.360 e. The number of rotatable bonds is 5. The van der Waals surface area contributed by atoms with Gasteiger partial charge in [-0.25, -0.2) is 13.6 Å². The molecule has 1 amide bonds. The van der Waals surface area contributed by atoms with Crippen molar-refractivity contribution in [3.05, 3.63) is 64.8 Å². The van der Waals surface area contributed by atoms with Crippen molar-refractivity contribution in [3.63, 3.8) is 0 Å². The number of nitrogens with two attached hydrogens (primary N) is 1. The Bertz CT molecular complexity index is 1030. The Kier molecular flexibility index (Phi) is 4.80.